The molecule has 1 aromatic rings. The van der Waals surface area contributed by atoms with Crippen LogP contribution in [0.15, 0.2) is 24.4 Å². The lowest BCUT2D eigenvalue weighted by atomic mass is 10.1. The van der Waals surface area contributed by atoms with E-state index >= 15 is 0 Å². The Balaban J connectivity index is 2.23. The summed E-state index contributed by atoms with van der Waals surface area (Å²) in [6, 6.07) is 5.57. The highest BCUT2D eigenvalue weighted by atomic mass is 16.4. The van der Waals surface area contributed by atoms with E-state index in [2.05, 4.69) is 10.3 Å². The van der Waals surface area contributed by atoms with Crippen LogP contribution in [0.2, 0.25) is 0 Å². The van der Waals surface area contributed by atoms with Gasteiger partial charge in [-0.25, -0.2) is 4.79 Å². The molecule has 1 aromatic heterocycles. The summed E-state index contributed by atoms with van der Waals surface area (Å²) in [6.07, 6.45) is 3.14. The number of aliphatic carboxylic acids is 1. The third-order valence-electron chi connectivity index (χ3n) is 3.23. The number of carbonyl (C=O) groups excluding carboxylic acids is 1. The first-order chi connectivity index (χ1) is 9.99. The molecule has 0 aliphatic heterocycles. The number of likely N-dealkylation sites (N-methyl/N-ethyl adjacent to an activating group) is 1. The van der Waals surface area contributed by atoms with E-state index in [4.69, 9.17) is 5.11 Å². The fourth-order valence-corrected chi connectivity index (χ4v) is 1.80. The minimum Gasteiger partial charge on any atom is -0.481 e. The summed E-state index contributed by atoms with van der Waals surface area (Å²) in [5, 5.41) is 11.4. The van der Waals surface area contributed by atoms with Gasteiger partial charge in [-0.05, 0) is 24.5 Å². The number of nitrogens with one attached hydrogen (secondary N) is 1. The lowest BCUT2D eigenvalue weighted by molar-refractivity contribution is -0.137. The van der Waals surface area contributed by atoms with Crippen LogP contribution in [0.25, 0.3) is 0 Å². The summed E-state index contributed by atoms with van der Waals surface area (Å²) in [5.41, 5.74) is 0.951. The number of urea groups is 1. The fraction of sp³-hybridized carbons (Fsp3) is 0.533. The molecule has 0 spiro atoms. The van der Waals surface area contributed by atoms with Crippen molar-refractivity contribution in [3.63, 3.8) is 0 Å². The van der Waals surface area contributed by atoms with Crippen molar-refractivity contribution in [1.82, 2.24) is 15.2 Å². The third-order valence-corrected chi connectivity index (χ3v) is 3.23. The summed E-state index contributed by atoms with van der Waals surface area (Å²) in [4.78, 5) is 28.2. The molecule has 2 N–H and O–H groups in total. The SMILES string of the molecule is CC(CCC(=O)O)CNC(=O)N(C)CCc1ccccn1. The molecule has 1 heterocycles. The van der Waals surface area contributed by atoms with E-state index in [-0.39, 0.29) is 18.4 Å². The number of pyridine rings is 1. The molecule has 0 saturated carbocycles. The smallest absolute Gasteiger partial charge is 0.317 e. The van der Waals surface area contributed by atoms with Crippen LogP contribution in [0.1, 0.15) is 25.5 Å². The highest BCUT2D eigenvalue weighted by Gasteiger charge is 2.11. The van der Waals surface area contributed by atoms with Crippen LogP contribution in [-0.4, -0.2) is 47.1 Å². The van der Waals surface area contributed by atoms with E-state index in [1.54, 1.807) is 18.1 Å². The maximum Gasteiger partial charge on any atom is 0.317 e. The number of nitrogens with zero attached hydrogens (tertiary/aromatic N) is 2. The van der Waals surface area contributed by atoms with Crippen LogP contribution in [0.4, 0.5) is 4.79 Å². The molecule has 0 aromatic carbocycles. The highest BCUT2D eigenvalue weighted by Crippen LogP contribution is 2.04. The molecule has 0 aliphatic rings. The first kappa shape index (κ1) is 16.9. The molecule has 0 bridgehead atoms. The molecular weight excluding hydrogens is 270 g/mol. The number of carbonyl (C=O) groups is 2. The first-order valence-corrected chi connectivity index (χ1v) is 7.09. The van der Waals surface area contributed by atoms with Crippen molar-refractivity contribution in [2.45, 2.75) is 26.2 Å². The van der Waals surface area contributed by atoms with E-state index in [0.29, 0.717) is 25.9 Å². The van der Waals surface area contributed by atoms with Crippen LogP contribution >= 0.6 is 0 Å². The molecule has 21 heavy (non-hydrogen) atoms. The zero-order valence-corrected chi connectivity index (χ0v) is 12.6. The van der Waals surface area contributed by atoms with Crippen molar-refractivity contribution in [3.8, 4) is 0 Å². The predicted octanol–water partition coefficient (Wildman–Crippen LogP) is 1.77. The van der Waals surface area contributed by atoms with Crippen LogP contribution in [-0.2, 0) is 11.2 Å². The quantitative estimate of drug-likeness (QED) is 0.765. The zero-order valence-electron chi connectivity index (χ0n) is 12.6. The Bertz CT molecular complexity index is 451. The summed E-state index contributed by atoms with van der Waals surface area (Å²) >= 11 is 0. The molecular formula is C15H23N3O3. The van der Waals surface area contributed by atoms with Gasteiger partial charge in [0.05, 0.1) is 0 Å². The Kier molecular flexibility index (Phi) is 7.21. The highest BCUT2D eigenvalue weighted by molar-refractivity contribution is 5.73. The van der Waals surface area contributed by atoms with Gasteiger partial charge in [0.25, 0.3) is 0 Å². The van der Waals surface area contributed by atoms with E-state index in [1.165, 1.54) is 0 Å². The molecule has 1 atom stereocenters. The third kappa shape index (κ3) is 7.29. The van der Waals surface area contributed by atoms with Gasteiger partial charge in [0.1, 0.15) is 0 Å². The molecule has 2 amide bonds. The number of aromatic nitrogens is 1. The molecule has 0 saturated heterocycles. The van der Waals surface area contributed by atoms with E-state index in [0.717, 1.165) is 5.69 Å². The van der Waals surface area contributed by atoms with Crippen molar-refractivity contribution < 1.29 is 14.7 Å². The van der Waals surface area contributed by atoms with Crippen molar-refractivity contribution >= 4 is 12.0 Å². The largest absolute Gasteiger partial charge is 0.481 e. The van der Waals surface area contributed by atoms with Crippen molar-refractivity contribution in [2.24, 2.45) is 5.92 Å². The molecule has 6 nitrogen and oxygen atoms in total. The van der Waals surface area contributed by atoms with E-state index in [9.17, 15) is 9.59 Å². The van der Waals surface area contributed by atoms with Crippen molar-refractivity contribution in [3.05, 3.63) is 30.1 Å². The van der Waals surface area contributed by atoms with Crippen molar-refractivity contribution in [2.75, 3.05) is 20.1 Å². The summed E-state index contributed by atoms with van der Waals surface area (Å²) in [7, 11) is 1.74. The minimum absolute atomic E-state index is 0.132. The van der Waals surface area contributed by atoms with Gasteiger partial charge in [0.15, 0.2) is 0 Å². The molecule has 0 fully saturated rings. The first-order valence-electron chi connectivity index (χ1n) is 7.09. The average Bonchev–Trinajstić information content (AvgIpc) is 2.49. The van der Waals surface area contributed by atoms with Crippen LogP contribution in [0.3, 0.4) is 0 Å². The molecule has 0 radical (unpaired) electrons. The Labute approximate surface area is 125 Å². The van der Waals surface area contributed by atoms with E-state index in [1.807, 2.05) is 25.1 Å². The molecule has 1 unspecified atom stereocenters. The Hall–Kier alpha value is -2.11. The Morgan fingerprint density at radius 3 is 2.81 bits per heavy atom. The normalized spacial score (nSPS) is 11.7. The fourth-order valence-electron chi connectivity index (χ4n) is 1.80. The number of hydrogen-bond donors (Lipinski definition) is 2. The lowest BCUT2D eigenvalue weighted by Gasteiger charge is -2.19. The van der Waals surface area contributed by atoms with Gasteiger partial charge in [-0.2, -0.15) is 0 Å². The maximum atomic E-state index is 11.9. The standard InChI is InChI=1S/C15H23N3O3/c1-12(6-7-14(19)20)11-17-15(21)18(2)10-8-13-5-3-4-9-16-13/h3-5,9,12H,6-8,10-11H2,1-2H3,(H,17,21)(H,19,20). The van der Waals surface area contributed by atoms with Crippen LogP contribution in [0, 0.1) is 5.92 Å². The second kappa shape index (κ2) is 8.94. The van der Waals surface area contributed by atoms with Gasteiger partial charge in [-0.15, -0.1) is 0 Å². The predicted molar refractivity (Wildman–Crippen MR) is 80.0 cm³/mol. The van der Waals surface area contributed by atoms with Gasteiger partial charge in [-0.1, -0.05) is 13.0 Å². The Morgan fingerprint density at radius 2 is 2.19 bits per heavy atom. The second-order valence-corrected chi connectivity index (χ2v) is 5.22. The van der Waals surface area contributed by atoms with Crippen molar-refractivity contribution in [1.29, 1.82) is 0 Å². The summed E-state index contributed by atoms with van der Waals surface area (Å²) < 4.78 is 0. The average molecular weight is 293 g/mol. The van der Waals surface area contributed by atoms with Gasteiger partial charge in [-0.3, -0.25) is 9.78 Å². The number of hydrogen-bond acceptors (Lipinski definition) is 3. The monoisotopic (exact) mass is 293 g/mol. The lowest BCUT2D eigenvalue weighted by Crippen LogP contribution is -2.40. The van der Waals surface area contributed by atoms with Gasteiger partial charge in [0.2, 0.25) is 0 Å². The number of rotatable bonds is 8. The zero-order chi connectivity index (χ0) is 15.7. The maximum absolute atomic E-state index is 11.9. The number of carboxylic acid groups (broad SMARTS) is 1. The minimum atomic E-state index is -0.805. The molecule has 0 aliphatic carbocycles. The number of amides is 2. The van der Waals surface area contributed by atoms with Gasteiger partial charge in [0, 0.05) is 44.9 Å². The summed E-state index contributed by atoms with van der Waals surface area (Å²) in [5.74, 6) is -0.658. The molecule has 6 heteroatoms. The van der Waals surface area contributed by atoms with E-state index < -0.39 is 5.97 Å². The topological polar surface area (TPSA) is 82.5 Å². The summed E-state index contributed by atoms with van der Waals surface area (Å²) in [6.45, 7) is 3.00. The second-order valence-electron chi connectivity index (χ2n) is 5.22. The number of carboxylic acids is 1. The van der Waals surface area contributed by atoms with Gasteiger partial charge < -0.3 is 15.3 Å². The van der Waals surface area contributed by atoms with Gasteiger partial charge >= 0.3 is 12.0 Å². The van der Waals surface area contributed by atoms with Crippen LogP contribution < -0.4 is 5.32 Å². The molecule has 1 rings (SSSR count). The van der Waals surface area contributed by atoms with Crippen LogP contribution in [0.5, 0.6) is 0 Å². The molecule has 116 valence electrons. The Morgan fingerprint density at radius 1 is 1.43 bits per heavy atom.